The molecule has 0 bridgehead atoms. The third kappa shape index (κ3) is 4.76. The van der Waals surface area contributed by atoms with E-state index in [4.69, 9.17) is 5.11 Å². The number of aromatic nitrogens is 1. The third-order valence-electron chi connectivity index (χ3n) is 2.17. The van der Waals surface area contributed by atoms with Gasteiger partial charge in [-0.2, -0.15) is 0 Å². The summed E-state index contributed by atoms with van der Waals surface area (Å²) in [6.45, 7) is 2.86. The van der Waals surface area contributed by atoms with Gasteiger partial charge in [-0.15, -0.1) is 0 Å². The van der Waals surface area contributed by atoms with E-state index < -0.39 is 0 Å². The third-order valence-corrected chi connectivity index (χ3v) is 2.17. The van der Waals surface area contributed by atoms with E-state index in [2.05, 4.69) is 35.9 Å². The lowest BCUT2D eigenvalue weighted by molar-refractivity contribution is 0.274. The van der Waals surface area contributed by atoms with Crippen LogP contribution >= 0.6 is 0 Å². The zero-order chi connectivity index (χ0) is 11.3. The summed E-state index contributed by atoms with van der Waals surface area (Å²) in [6.07, 6.45) is 1.48. The highest BCUT2D eigenvalue weighted by atomic mass is 16.3. The molecule has 0 aromatic carbocycles. The number of pyridine rings is 1. The van der Waals surface area contributed by atoms with E-state index in [9.17, 15) is 0 Å². The molecule has 0 saturated carbocycles. The summed E-state index contributed by atoms with van der Waals surface area (Å²) in [5.41, 5.74) is 0.981. The van der Waals surface area contributed by atoms with Gasteiger partial charge in [0.15, 0.2) is 0 Å². The van der Waals surface area contributed by atoms with Crippen molar-refractivity contribution in [2.24, 2.45) is 0 Å². The van der Waals surface area contributed by atoms with Gasteiger partial charge in [0.2, 0.25) is 0 Å². The summed E-state index contributed by atoms with van der Waals surface area (Å²) in [4.78, 5) is 8.50. The fourth-order valence-corrected chi connectivity index (χ4v) is 1.24. The molecule has 0 fully saturated rings. The van der Waals surface area contributed by atoms with Crippen LogP contribution in [0.2, 0.25) is 0 Å². The molecule has 0 amide bonds. The van der Waals surface area contributed by atoms with Gasteiger partial charge in [0.1, 0.15) is 5.75 Å². The molecule has 1 N–H and O–H groups in total. The Kier molecular flexibility index (Phi) is 4.52. The molecule has 0 unspecified atom stereocenters. The molecule has 0 atom stereocenters. The molecule has 0 aliphatic carbocycles. The lowest BCUT2D eigenvalue weighted by atomic mass is 10.3. The van der Waals surface area contributed by atoms with Gasteiger partial charge in [-0.25, -0.2) is 0 Å². The molecule has 1 aromatic heterocycles. The standard InChI is InChI=1S/C11H19N3O/c1-13(2)6-7-14(3)9-10-4-5-11(15)8-12-10/h4-5,8,15H,6-7,9H2,1-3H3. The second-order valence-electron chi connectivity index (χ2n) is 4.05. The van der Waals surface area contributed by atoms with E-state index in [0.717, 1.165) is 25.3 Å². The van der Waals surface area contributed by atoms with Gasteiger partial charge < -0.3 is 10.0 Å². The van der Waals surface area contributed by atoms with Gasteiger partial charge in [-0.05, 0) is 33.3 Å². The maximum atomic E-state index is 9.08. The van der Waals surface area contributed by atoms with Gasteiger partial charge in [0.05, 0.1) is 11.9 Å². The van der Waals surface area contributed by atoms with Gasteiger partial charge in [-0.3, -0.25) is 9.88 Å². The molecule has 4 nitrogen and oxygen atoms in total. The molecule has 0 aliphatic rings. The Morgan fingerprint density at radius 3 is 2.47 bits per heavy atom. The van der Waals surface area contributed by atoms with Crippen molar-refractivity contribution < 1.29 is 5.11 Å². The van der Waals surface area contributed by atoms with Crippen molar-refractivity contribution in [3.05, 3.63) is 24.0 Å². The van der Waals surface area contributed by atoms with E-state index in [1.165, 1.54) is 6.20 Å². The first-order valence-corrected chi connectivity index (χ1v) is 5.05. The highest BCUT2D eigenvalue weighted by Crippen LogP contribution is 2.07. The summed E-state index contributed by atoms with van der Waals surface area (Å²) < 4.78 is 0. The molecule has 0 radical (unpaired) electrons. The van der Waals surface area contributed by atoms with Crippen molar-refractivity contribution in [1.29, 1.82) is 0 Å². The van der Waals surface area contributed by atoms with Crippen molar-refractivity contribution in [1.82, 2.24) is 14.8 Å². The first-order chi connectivity index (χ1) is 7.08. The number of likely N-dealkylation sites (N-methyl/N-ethyl adjacent to an activating group) is 2. The Hall–Kier alpha value is -1.13. The topological polar surface area (TPSA) is 39.6 Å². The first kappa shape index (κ1) is 11.9. The van der Waals surface area contributed by atoms with Gasteiger partial charge >= 0.3 is 0 Å². The average molecular weight is 209 g/mol. The van der Waals surface area contributed by atoms with Crippen LogP contribution in [0.1, 0.15) is 5.69 Å². The first-order valence-electron chi connectivity index (χ1n) is 5.05. The smallest absolute Gasteiger partial charge is 0.133 e. The maximum absolute atomic E-state index is 9.08. The molecule has 0 saturated heterocycles. The molecule has 1 rings (SSSR count). The summed E-state index contributed by atoms with van der Waals surface area (Å²) in [6, 6.07) is 3.52. The minimum atomic E-state index is 0.217. The molecule has 0 aliphatic heterocycles. The quantitative estimate of drug-likeness (QED) is 0.778. The Balaban J connectivity index is 2.37. The highest BCUT2D eigenvalue weighted by Gasteiger charge is 2.01. The minimum Gasteiger partial charge on any atom is -0.506 e. The minimum absolute atomic E-state index is 0.217. The van der Waals surface area contributed by atoms with E-state index in [1.807, 2.05) is 6.07 Å². The Bertz CT molecular complexity index is 284. The van der Waals surface area contributed by atoms with Crippen LogP contribution in [0.3, 0.4) is 0 Å². The molecule has 1 heterocycles. The molecule has 1 aromatic rings. The van der Waals surface area contributed by atoms with Crippen molar-refractivity contribution in [3.8, 4) is 5.75 Å². The van der Waals surface area contributed by atoms with Crippen molar-refractivity contribution in [2.75, 3.05) is 34.2 Å². The fourth-order valence-electron chi connectivity index (χ4n) is 1.24. The van der Waals surface area contributed by atoms with Gasteiger partial charge in [0.25, 0.3) is 0 Å². The highest BCUT2D eigenvalue weighted by molar-refractivity contribution is 5.17. The summed E-state index contributed by atoms with van der Waals surface area (Å²) in [7, 11) is 6.19. The summed E-state index contributed by atoms with van der Waals surface area (Å²) in [5.74, 6) is 0.217. The lowest BCUT2D eigenvalue weighted by Crippen LogP contribution is -2.28. The predicted molar refractivity (Wildman–Crippen MR) is 60.8 cm³/mol. The number of rotatable bonds is 5. The number of hydrogen-bond donors (Lipinski definition) is 1. The van der Waals surface area contributed by atoms with Crippen LogP contribution in [0.15, 0.2) is 18.3 Å². The molecule has 4 heteroatoms. The molecular weight excluding hydrogens is 190 g/mol. The molecule has 84 valence electrons. The zero-order valence-corrected chi connectivity index (χ0v) is 9.64. The Morgan fingerprint density at radius 2 is 1.93 bits per heavy atom. The van der Waals surface area contributed by atoms with E-state index in [1.54, 1.807) is 6.07 Å². The van der Waals surface area contributed by atoms with Crippen molar-refractivity contribution in [3.63, 3.8) is 0 Å². The normalized spacial score (nSPS) is 11.3. The lowest BCUT2D eigenvalue weighted by Gasteiger charge is -2.18. The monoisotopic (exact) mass is 209 g/mol. The van der Waals surface area contributed by atoms with E-state index in [0.29, 0.717) is 0 Å². The predicted octanol–water partition coefficient (Wildman–Crippen LogP) is 0.781. The SMILES string of the molecule is CN(C)CCN(C)Cc1ccc(O)cn1. The van der Waals surface area contributed by atoms with Crippen molar-refractivity contribution >= 4 is 0 Å². The van der Waals surface area contributed by atoms with Crippen LogP contribution < -0.4 is 0 Å². The van der Waals surface area contributed by atoms with Crippen LogP contribution in [0.5, 0.6) is 5.75 Å². The summed E-state index contributed by atoms with van der Waals surface area (Å²) >= 11 is 0. The van der Waals surface area contributed by atoms with Crippen LogP contribution in [0.4, 0.5) is 0 Å². The molecular formula is C11H19N3O. The van der Waals surface area contributed by atoms with E-state index >= 15 is 0 Å². The van der Waals surface area contributed by atoms with Gasteiger partial charge in [-0.1, -0.05) is 0 Å². The molecule has 15 heavy (non-hydrogen) atoms. The Labute approximate surface area is 91.2 Å². The zero-order valence-electron chi connectivity index (χ0n) is 9.64. The van der Waals surface area contributed by atoms with Crippen LogP contribution in [-0.2, 0) is 6.54 Å². The van der Waals surface area contributed by atoms with Crippen LogP contribution in [0, 0.1) is 0 Å². The van der Waals surface area contributed by atoms with E-state index in [-0.39, 0.29) is 5.75 Å². The number of nitrogens with zero attached hydrogens (tertiary/aromatic N) is 3. The summed E-state index contributed by atoms with van der Waals surface area (Å²) in [5, 5.41) is 9.08. The number of hydrogen-bond acceptors (Lipinski definition) is 4. The largest absolute Gasteiger partial charge is 0.506 e. The van der Waals surface area contributed by atoms with Gasteiger partial charge in [0, 0.05) is 19.6 Å². The average Bonchev–Trinajstić information content (AvgIpc) is 2.19. The number of aromatic hydroxyl groups is 1. The Morgan fingerprint density at radius 1 is 1.20 bits per heavy atom. The van der Waals surface area contributed by atoms with Crippen molar-refractivity contribution in [2.45, 2.75) is 6.54 Å². The molecule has 0 spiro atoms. The fraction of sp³-hybridized carbons (Fsp3) is 0.545. The maximum Gasteiger partial charge on any atom is 0.133 e. The second-order valence-corrected chi connectivity index (χ2v) is 4.05. The second kappa shape index (κ2) is 5.68. The van der Waals surface area contributed by atoms with Crippen LogP contribution in [0.25, 0.3) is 0 Å². The van der Waals surface area contributed by atoms with Crippen LogP contribution in [-0.4, -0.2) is 54.1 Å².